The standard InChI is InChI=1S/C16H22N2S/c1-10-6-7-12(8-11(10)2)9-13-14(16(3,4)5)18-15(17)19-13/h6-8H,9H2,1-5H3,(H2,17,18). The van der Waals surface area contributed by atoms with Gasteiger partial charge in [-0.15, -0.1) is 11.3 Å². The smallest absolute Gasteiger partial charge is 0.180 e. The van der Waals surface area contributed by atoms with Crippen molar-refractivity contribution in [1.82, 2.24) is 4.98 Å². The molecule has 0 fully saturated rings. The van der Waals surface area contributed by atoms with Crippen LogP contribution in [0.3, 0.4) is 0 Å². The molecule has 0 spiro atoms. The molecule has 1 heterocycles. The molecule has 0 saturated heterocycles. The van der Waals surface area contributed by atoms with Crippen LogP contribution in [0.2, 0.25) is 0 Å². The second-order valence-corrected chi connectivity index (χ2v) is 7.28. The van der Waals surface area contributed by atoms with Crippen molar-refractivity contribution in [3.63, 3.8) is 0 Å². The molecule has 0 aliphatic carbocycles. The van der Waals surface area contributed by atoms with E-state index in [-0.39, 0.29) is 5.41 Å². The summed E-state index contributed by atoms with van der Waals surface area (Å²) in [7, 11) is 0. The zero-order chi connectivity index (χ0) is 14.2. The van der Waals surface area contributed by atoms with Crippen LogP contribution in [-0.4, -0.2) is 4.98 Å². The van der Waals surface area contributed by atoms with Crippen LogP contribution in [0.25, 0.3) is 0 Å². The van der Waals surface area contributed by atoms with Gasteiger partial charge in [0.2, 0.25) is 0 Å². The molecule has 2 aromatic rings. The van der Waals surface area contributed by atoms with E-state index in [1.165, 1.54) is 21.6 Å². The maximum absolute atomic E-state index is 5.89. The molecule has 102 valence electrons. The van der Waals surface area contributed by atoms with Crippen LogP contribution in [0.1, 0.15) is 48.0 Å². The van der Waals surface area contributed by atoms with Crippen LogP contribution in [0.5, 0.6) is 0 Å². The fourth-order valence-corrected chi connectivity index (χ4v) is 3.25. The summed E-state index contributed by atoms with van der Waals surface area (Å²) < 4.78 is 0. The van der Waals surface area contributed by atoms with Crippen molar-refractivity contribution < 1.29 is 0 Å². The SMILES string of the molecule is Cc1ccc(Cc2sc(N)nc2C(C)(C)C)cc1C. The highest BCUT2D eigenvalue weighted by atomic mass is 32.1. The van der Waals surface area contributed by atoms with Gasteiger partial charge in [-0.05, 0) is 30.5 Å². The molecule has 2 N–H and O–H groups in total. The highest BCUT2D eigenvalue weighted by Gasteiger charge is 2.22. The highest BCUT2D eigenvalue weighted by molar-refractivity contribution is 7.15. The molecule has 0 aliphatic rings. The minimum Gasteiger partial charge on any atom is -0.375 e. The van der Waals surface area contributed by atoms with Gasteiger partial charge in [0.15, 0.2) is 5.13 Å². The Labute approximate surface area is 119 Å². The molecule has 0 radical (unpaired) electrons. The van der Waals surface area contributed by atoms with Gasteiger partial charge in [-0.2, -0.15) is 0 Å². The molecule has 3 heteroatoms. The van der Waals surface area contributed by atoms with E-state index in [4.69, 9.17) is 5.73 Å². The van der Waals surface area contributed by atoms with Gasteiger partial charge >= 0.3 is 0 Å². The molecular formula is C16H22N2S. The van der Waals surface area contributed by atoms with Crippen molar-refractivity contribution >= 4 is 16.5 Å². The molecule has 0 bridgehead atoms. The summed E-state index contributed by atoms with van der Waals surface area (Å²) in [6.45, 7) is 10.9. The number of hydrogen-bond acceptors (Lipinski definition) is 3. The lowest BCUT2D eigenvalue weighted by molar-refractivity contribution is 0.568. The summed E-state index contributed by atoms with van der Waals surface area (Å²) >= 11 is 1.61. The van der Waals surface area contributed by atoms with Gasteiger partial charge in [-0.3, -0.25) is 0 Å². The molecule has 0 atom stereocenters. The molecule has 0 saturated carbocycles. The van der Waals surface area contributed by atoms with Gasteiger partial charge < -0.3 is 5.73 Å². The first-order valence-corrected chi connectivity index (χ1v) is 7.41. The normalized spacial score (nSPS) is 11.8. The van der Waals surface area contributed by atoms with Gasteiger partial charge in [-0.1, -0.05) is 39.0 Å². The molecule has 1 aromatic carbocycles. The van der Waals surface area contributed by atoms with E-state index in [9.17, 15) is 0 Å². The Morgan fingerprint density at radius 2 is 1.84 bits per heavy atom. The lowest BCUT2D eigenvalue weighted by atomic mass is 9.90. The first kappa shape index (κ1) is 14.1. The van der Waals surface area contributed by atoms with Crippen LogP contribution < -0.4 is 5.73 Å². The fourth-order valence-electron chi connectivity index (χ4n) is 2.17. The predicted molar refractivity (Wildman–Crippen MR) is 83.9 cm³/mol. The summed E-state index contributed by atoms with van der Waals surface area (Å²) in [4.78, 5) is 5.80. The Hall–Kier alpha value is -1.35. The van der Waals surface area contributed by atoms with Crippen LogP contribution in [0.15, 0.2) is 18.2 Å². The average Bonchev–Trinajstić information content (AvgIpc) is 2.65. The number of hydrogen-bond donors (Lipinski definition) is 1. The van der Waals surface area contributed by atoms with Crippen molar-refractivity contribution in [2.75, 3.05) is 5.73 Å². The average molecular weight is 274 g/mol. The van der Waals surface area contributed by atoms with Crippen LogP contribution in [0.4, 0.5) is 5.13 Å². The van der Waals surface area contributed by atoms with E-state index in [1.807, 2.05) is 0 Å². The third kappa shape index (κ3) is 3.16. The largest absolute Gasteiger partial charge is 0.375 e. The fraction of sp³-hybridized carbons (Fsp3) is 0.438. The van der Waals surface area contributed by atoms with E-state index >= 15 is 0 Å². The second kappa shape index (κ2) is 4.97. The minimum atomic E-state index is 0.0448. The third-order valence-corrected chi connectivity index (χ3v) is 4.24. The Morgan fingerprint density at radius 3 is 2.42 bits per heavy atom. The molecule has 19 heavy (non-hydrogen) atoms. The Kier molecular flexibility index (Phi) is 3.68. The van der Waals surface area contributed by atoms with Crippen LogP contribution >= 0.6 is 11.3 Å². The number of nitrogens with two attached hydrogens (primary N) is 1. The maximum Gasteiger partial charge on any atom is 0.180 e. The van der Waals surface area contributed by atoms with Gasteiger partial charge in [0.1, 0.15) is 0 Å². The van der Waals surface area contributed by atoms with Crippen LogP contribution in [-0.2, 0) is 11.8 Å². The number of nitrogen functional groups attached to an aromatic ring is 1. The maximum atomic E-state index is 5.89. The first-order chi connectivity index (χ1) is 8.77. The zero-order valence-electron chi connectivity index (χ0n) is 12.4. The van der Waals surface area contributed by atoms with E-state index in [0.29, 0.717) is 5.13 Å². The van der Waals surface area contributed by atoms with E-state index in [2.05, 4.69) is 57.8 Å². The highest BCUT2D eigenvalue weighted by Crippen LogP contribution is 2.32. The summed E-state index contributed by atoms with van der Waals surface area (Å²) in [5.74, 6) is 0. The van der Waals surface area contributed by atoms with E-state index in [1.54, 1.807) is 11.3 Å². The van der Waals surface area contributed by atoms with Gasteiger partial charge in [0.05, 0.1) is 5.69 Å². The minimum absolute atomic E-state index is 0.0448. The number of benzene rings is 1. The lowest BCUT2D eigenvalue weighted by Crippen LogP contribution is -2.14. The van der Waals surface area contributed by atoms with Gasteiger partial charge in [0, 0.05) is 16.7 Å². The summed E-state index contributed by atoms with van der Waals surface area (Å²) in [6.07, 6.45) is 0.919. The zero-order valence-corrected chi connectivity index (χ0v) is 13.2. The Morgan fingerprint density at radius 1 is 1.16 bits per heavy atom. The molecule has 0 unspecified atom stereocenters. The molecule has 1 aromatic heterocycles. The number of rotatable bonds is 2. The Balaban J connectivity index is 2.35. The van der Waals surface area contributed by atoms with Crippen molar-refractivity contribution in [1.29, 1.82) is 0 Å². The van der Waals surface area contributed by atoms with Crippen molar-refractivity contribution in [3.8, 4) is 0 Å². The molecule has 0 aliphatic heterocycles. The molecular weight excluding hydrogens is 252 g/mol. The molecule has 2 nitrogen and oxygen atoms in total. The van der Waals surface area contributed by atoms with Crippen molar-refractivity contribution in [3.05, 3.63) is 45.5 Å². The van der Waals surface area contributed by atoms with Gasteiger partial charge in [0.25, 0.3) is 0 Å². The van der Waals surface area contributed by atoms with Gasteiger partial charge in [-0.25, -0.2) is 4.98 Å². The monoisotopic (exact) mass is 274 g/mol. The number of aromatic nitrogens is 1. The van der Waals surface area contributed by atoms with Crippen molar-refractivity contribution in [2.24, 2.45) is 0 Å². The molecule has 0 amide bonds. The Bertz CT molecular complexity index is 591. The number of aryl methyl sites for hydroxylation is 2. The number of nitrogens with zero attached hydrogens (tertiary/aromatic N) is 1. The summed E-state index contributed by atoms with van der Waals surface area (Å²) in [6, 6.07) is 6.65. The number of anilines is 1. The van der Waals surface area contributed by atoms with E-state index < -0.39 is 0 Å². The third-order valence-electron chi connectivity index (χ3n) is 3.36. The van der Waals surface area contributed by atoms with Crippen LogP contribution in [0, 0.1) is 13.8 Å². The lowest BCUT2D eigenvalue weighted by Gasteiger charge is -2.17. The number of thiazole rings is 1. The summed E-state index contributed by atoms with van der Waals surface area (Å²) in [5.41, 5.74) is 11.1. The second-order valence-electron chi connectivity index (χ2n) is 6.17. The topological polar surface area (TPSA) is 38.9 Å². The van der Waals surface area contributed by atoms with Crippen molar-refractivity contribution in [2.45, 2.75) is 46.5 Å². The molecule has 2 rings (SSSR count). The predicted octanol–water partition coefficient (Wildman–Crippen LogP) is 4.23. The van der Waals surface area contributed by atoms with E-state index in [0.717, 1.165) is 12.1 Å². The summed E-state index contributed by atoms with van der Waals surface area (Å²) in [5, 5.41) is 0.670. The first-order valence-electron chi connectivity index (χ1n) is 6.59. The quantitative estimate of drug-likeness (QED) is 0.890.